The Balaban J connectivity index is 2.38. The third-order valence-electron chi connectivity index (χ3n) is 5.42. The van der Waals surface area contributed by atoms with Crippen LogP contribution in [0.15, 0.2) is 0 Å². The van der Waals surface area contributed by atoms with Crippen LogP contribution in [-0.2, 0) is 19.1 Å². The first-order valence-corrected chi connectivity index (χ1v) is 6.61. The van der Waals surface area contributed by atoms with E-state index >= 15 is 0 Å². The molecular formula is C14H22O4. The number of carbonyl (C=O) groups excluding carboxylic acids is 2. The first-order chi connectivity index (χ1) is 8.45. The second-order valence-electron chi connectivity index (χ2n) is 5.83. The topological polar surface area (TPSA) is 52.6 Å². The zero-order valence-electron chi connectivity index (χ0n) is 11.7. The van der Waals surface area contributed by atoms with Crippen LogP contribution in [0, 0.1) is 41.4 Å². The van der Waals surface area contributed by atoms with Crippen molar-refractivity contribution >= 4 is 11.9 Å². The van der Waals surface area contributed by atoms with Gasteiger partial charge in [-0.25, -0.2) is 0 Å². The van der Waals surface area contributed by atoms with Gasteiger partial charge in [-0.3, -0.25) is 9.59 Å². The molecular weight excluding hydrogens is 232 g/mol. The molecule has 0 aromatic heterocycles. The summed E-state index contributed by atoms with van der Waals surface area (Å²) in [5, 5.41) is 0. The molecule has 0 spiro atoms. The van der Waals surface area contributed by atoms with Crippen LogP contribution in [-0.4, -0.2) is 26.2 Å². The summed E-state index contributed by atoms with van der Waals surface area (Å²) >= 11 is 0. The van der Waals surface area contributed by atoms with Crippen LogP contribution in [0.3, 0.4) is 0 Å². The van der Waals surface area contributed by atoms with Crippen molar-refractivity contribution in [3.63, 3.8) is 0 Å². The van der Waals surface area contributed by atoms with Gasteiger partial charge in [-0.2, -0.15) is 0 Å². The standard InChI is InChI=1S/C14H22O4/c1-6-7(2)10-8(3)9(6)11(13(15)17-4)12(10)14(16)18-5/h6-12H,1-5H3/t6-,7-,8?,9?,10?,11-,12+/m1/s1. The third kappa shape index (κ3) is 1.57. The van der Waals surface area contributed by atoms with E-state index in [0.717, 1.165) is 0 Å². The van der Waals surface area contributed by atoms with Gasteiger partial charge in [0.2, 0.25) is 0 Å². The van der Waals surface area contributed by atoms with Crippen LogP contribution in [0.1, 0.15) is 20.8 Å². The van der Waals surface area contributed by atoms with Gasteiger partial charge in [0, 0.05) is 0 Å². The van der Waals surface area contributed by atoms with Crippen molar-refractivity contribution in [3.8, 4) is 0 Å². The van der Waals surface area contributed by atoms with Gasteiger partial charge in [0.1, 0.15) is 0 Å². The predicted octanol–water partition coefficient (Wildman–Crippen LogP) is 1.73. The molecule has 2 rings (SSSR count). The van der Waals surface area contributed by atoms with E-state index in [-0.39, 0.29) is 35.6 Å². The molecule has 2 aliphatic rings. The normalized spacial score (nSPS) is 45.9. The molecule has 4 nitrogen and oxygen atoms in total. The van der Waals surface area contributed by atoms with Gasteiger partial charge in [0.05, 0.1) is 26.1 Å². The summed E-state index contributed by atoms with van der Waals surface area (Å²) < 4.78 is 9.79. The van der Waals surface area contributed by atoms with Gasteiger partial charge in [-0.1, -0.05) is 20.8 Å². The number of ether oxygens (including phenoxy) is 2. The van der Waals surface area contributed by atoms with E-state index in [1.165, 1.54) is 14.2 Å². The summed E-state index contributed by atoms with van der Waals surface area (Å²) in [6.45, 7) is 6.50. The van der Waals surface area contributed by atoms with Crippen LogP contribution in [0.4, 0.5) is 0 Å². The maximum atomic E-state index is 12.0. The smallest absolute Gasteiger partial charge is 0.309 e. The van der Waals surface area contributed by atoms with Crippen LogP contribution in [0.2, 0.25) is 0 Å². The lowest BCUT2D eigenvalue weighted by Crippen LogP contribution is -2.41. The largest absolute Gasteiger partial charge is 0.469 e. The van der Waals surface area contributed by atoms with Gasteiger partial charge >= 0.3 is 11.9 Å². The second-order valence-corrected chi connectivity index (χ2v) is 5.83. The van der Waals surface area contributed by atoms with E-state index < -0.39 is 0 Å². The van der Waals surface area contributed by atoms with E-state index in [1.54, 1.807) is 0 Å². The zero-order chi connectivity index (χ0) is 13.6. The molecule has 102 valence electrons. The van der Waals surface area contributed by atoms with E-state index in [1.807, 2.05) is 0 Å². The second kappa shape index (κ2) is 4.56. The average Bonchev–Trinajstić information content (AvgIpc) is 2.77. The molecule has 2 fully saturated rings. The van der Waals surface area contributed by atoms with Crippen LogP contribution < -0.4 is 0 Å². The van der Waals surface area contributed by atoms with Crippen molar-refractivity contribution in [2.45, 2.75) is 20.8 Å². The molecule has 0 heterocycles. The first kappa shape index (κ1) is 13.4. The highest BCUT2D eigenvalue weighted by Gasteiger charge is 2.64. The number of hydrogen-bond acceptors (Lipinski definition) is 4. The van der Waals surface area contributed by atoms with Gasteiger partial charge in [-0.15, -0.1) is 0 Å². The molecule has 0 aliphatic heterocycles. The minimum absolute atomic E-state index is 0.238. The van der Waals surface area contributed by atoms with Crippen LogP contribution >= 0.6 is 0 Å². The Morgan fingerprint density at radius 1 is 0.722 bits per heavy atom. The molecule has 0 radical (unpaired) electrons. The summed E-state index contributed by atoms with van der Waals surface area (Å²) in [6, 6.07) is 0. The predicted molar refractivity (Wildman–Crippen MR) is 65.5 cm³/mol. The van der Waals surface area contributed by atoms with Gasteiger partial charge < -0.3 is 9.47 Å². The maximum absolute atomic E-state index is 12.0. The Hall–Kier alpha value is -1.06. The highest BCUT2D eigenvalue weighted by molar-refractivity contribution is 5.84. The van der Waals surface area contributed by atoms with Crippen molar-refractivity contribution in [1.82, 2.24) is 0 Å². The lowest BCUT2D eigenvalue weighted by Gasteiger charge is -2.35. The fraction of sp³-hybridized carbons (Fsp3) is 0.857. The van der Waals surface area contributed by atoms with E-state index in [2.05, 4.69) is 20.8 Å². The lowest BCUT2D eigenvalue weighted by atomic mass is 9.69. The molecule has 2 aliphatic carbocycles. The Bertz CT molecular complexity index is 331. The molecule has 2 bridgehead atoms. The van der Waals surface area contributed by atoms with Crippen molar-refractivity contribution in [2.75, 3.05) is 14.2 Å². The minimum atomic E-state index is -0.325. The Labute approximate surface area is 108 Å². The Morgan fingerprint density at radius 3 is 1.33 bits per heavy atom. The van der Waals surface area contributed by atoms with Crippen molar-refractivity contribution in [2.24, 2.45) is 41.4 Å². The molecule has 4 heteroatoms. The molecule has 0 amide bonds. The summed E-state index contributed by atoms with van der Waals surface area (Å²) in [5.41, 5.74) is 0. The van der Waals surface area contributed by atoms with Crippen molar-refractivity contribution < 1.29 is 19.1 Å². The molecule has 7 atom stereocenters. The highest BCUT2D eigenvalue weighted by Crippen LogP contribution is 2.61. The van der Waals surface area contributed by atoms with Crippen LogP contribution in [0.5, 0.6) is 0 Å². The number of esters is 2. The summed E-state index contributed by atoms with van der Waals surface area (Å²) in [5.74, 6) is 0.589. The van der Waals surface area contributed by atoms with Crippen LogP contribution in [0.25, 0.3) is 0 Å². The van der Waals surface area contributed by atoms with Crippen molar-refractivity contribution in [3.05, 3.63) is 0 Å². The highest BCUT2D eigenvalue weighted by atomic mass is 16.5. The molecule has 0 saturated heterocycles. The Morgan fingerprint density at radius 2 is 1.06 bits per heavy atom. The first-order valence-electron chi connectivity index (χ1n) is 6.61. The fourth-order valence-electron chi connectivity index (χ4n) is 4.58. The molecule has 0 aromatic rings. The molecule has 2 saturated carbocycles. The van der Waals surface area contributed by atoms with E-state index in [4.69, 9.17) is 9.47 Å². The maximum Gasteiger partial charge on any atom is 0.309 e. The van der Waals surface area contributed by atoms with Gasteiger partial charge in [0.15, 0.2) is 0 Å². The van der Waals surface area contributed by atoms with Gasteiger partial charge in [0.25, 0.3) is 0 Å². The van der Waals surface area contributed by atoms with Crippen molar-refractivity contribution in [1.29, 1.82) is 0 Å². The number of fused-ring (bicyclic) bond motifs is 2. The summed E-state index contributed by atoms with van der Waals surface area (Å²) in [7, 11) is 2.78. The average molecular weight is 254 g/mol. The van der Waals surface area contributed by atoms with Gasteiger partial charge in [-0.05, 0) is 29.6 Å². The molecule has 0 N–H and O–H groups in total. The quantitative estimate of drug-likeness (QED) is 0.704. The number of carbonyl (C=O) groups is 2. The number of hydrogen-bond donors (Lipinski definition) is 0. The Kier molecular flexibility index (Phi) is 3.39. The zero-order valence-corrected chi connectivity index (χ0v) is 11.7. The lowest BCUT2D eigenvalue weighted by molar-refractivity contribution is -0.162. The molecule has 0 aromatic carbocycles. The molecule has 18 heavy (non-hydrogen) atoms. The van der Waals surface area contributed by atoms with E-state index in [0.29, 0.717) is 17.8 Å². The molecule has 3 unspecified atom stereocenters. The fourth-order valence-corrected chi connectivity index (χ4v) is 4.58. The summed E-state index contributed by atoms with van der Waals surface area (Å²) in [4.78, 5) is 24.0. The summed E-state index contributed by atoms with van der Waals surface area (Å²) in [6.07, 6.45) is 0. The number of rotatable bonds is 2. The monoisotopic (exact) mass is 254 g/mol. The minimum Gasteiger partial charge on any atom is -0.469 e. The number of methoxy groups -OCH3 is 2. The SMILES string of the molecule is COC(=O)[C@@H]1C2C(C)C([C@H](C)[C@H]2C)[C@@H]1C(=O)OC. The third-order valence-corrected chi connectivity index (χ3v) is 5.42. The van der Waals surface area contributed by atoms with E-state index in [9.17, 15) is 9.59 Å².